The molecule has 112 valence electrons. The van der Waals surface area contributed by atoms with Gasteiger partial charge >= 0.3 is 5.97 Å². The number of hydrogen-bond acceptors (Lipinski definition) is 3. The third kappa shape index (κ3) is 4.77. The van der Waals surface area contributed by atoms with Crippen LogP contribution in [0.1, 0.15) is 59.3 Å². The maximum Gasteiger partial charge on any atom is 0.323 e. The monoisotopic (exact) mass is 270 g/mol. The van der Waals surface area contributed by atoms with Gasteiger partial charge in [0.05, 0.1) is 0 Å². The first-order valence-corrected chi connectivity index (χ1v) is 7.76. The van der Waals surface area contributed by atoms with E-state index >= 15 is 0 Å². The van der Waals surface area contributed by atoms with Gasteiger partial charge < -0.3 is 15.3 Å². The Labute approximate surface area is 117 Å². The zero-order chi connectivity index (χ0) is 14.3. The van der Waals surface area contributed by atoms with Crippen LogP contribution in [0.2, 0.25) is 0 Å². The second-order valence-corrected chi connectivity index (χ2v) is 5.86. The summed E-state index contributed by atoms with van der Waals surface area (Å²) >= 11 is 0. The van der Waals surface area contributed by atoms with Crippen LogP contribution in [0.5, 0.6) is 0 Å². The average molecular weight is 270 g/mol. The number of carboxylic acids is 1. The van der Waals surface area contributed by atoms with Crippen LogP contribution in [-0.4, -0.2) is 47.2 Å². The molecule has 0 saturated carbocycles. The molecule has 0 spiro atoms. The predicted molar refractivity (Wildman–Crippen MR) is 78.5 cm³/mol. The molecule has 1 fully saturated rings. The summed E-state index contributed by atoms with van der Waals surface area (Å²) in [4.78, 5) is 13.9. The van der Waals surface area contributed by atoms with Gasteiger partial charge in [0.1, 0.15) is 5.54 Å². The van der Waals surface area contributed by atoms with Gasteiger partial charge in [-0.25, -0.2) is 0 Å². The lowest BCUT2D eigenvalue weighted by molar-refractivity contribution is -0.144. The van der Waals surface area contributed by atoms with Crippen molar-refractivity contribution in [3.8, 4) is 0 Å². The van der Waals surface area contributed by atoms with E-state index in [1.165, 1.54) is 32.1 Å². The van der Waals surface area contributed by atoms with Crippen LogP contribution in [0, 0.1) is 0 Å². The molecule has 1 saturated heterocycles. The smallest absolute Gasteiger partial charge is 0.323 e. The highest BCUT2D eigenvalue weighted by Crippen LogP contribution is 2.21. The maximum atomic E-state index is 11.4. The quantitative estimate of drug-likeness (QED) is 0.746. The molecule has 4 nitrogen and oxygen atoms in total. The lowest BCUT2D eigenvalue weighted by atomic mass is 9.96. The predicted octanol–water partition coefficient (Wildman–Crippen LogP) is 2.48. The lowest BCUT2D eigenvalue weighted by Gasteiger charge is -2.33. The summed E-state index contributed by atoms with van der Waals surface area (Å²) in [7, 11) is 0. The number of carboxylic acid groups (broad SMARTS) is 1. The Morgan fingerprint density at radius 3 is 2.68 bits per heavy atom. The van der Waals surface area contributed by atoms with E-state index in [0.29, 0.717) is 19.0 Å². The number of nitrogens with one attached hydrogen (secondary N) is 1. The molecular weight excluding hydrogens is 240 g/mol. The fourth-order valence-electron chi connectivity index (χ4n) is 3.02. The van der Waals surface area contributed by atoms with Crippen molar-refractivity contribution in [1.82, 2.24) is 10.2 Å². The molecule has 0 radical (unpaired) electrons. The molecular formula is C15H30N2O2. The van der Waals surface area contributed by atoms with E-state index in [0.717, 1.165) is 13.1 Å². The zero-order valence-corrected chi connectivity index (χ0v) is 12.7. The van der Waals surface area contributed by atoms with Crippen LogP contribution in [-0.2, 0) is 4.79 Å². The average Bonchev–Trinajstić information content (AvgIpc) is 2.61. The van der Waals surface area contributed by atoms with Gasteiger partial charge in [0.25, 0.3) is 0 Å². The Morgan fingerprint density at radius 1 is 1.37 bits per heavy atom. The molecule has 2 N–H and O–H groups in total. The van der Waals surface area contributed by atoms with E-state index in [1.807, 2.05) is 6.92 Å². The van der Waals surface area contributed by atoms with E-state index in [2.05, 4.69) is 17.1 Å². The van der Waals surface area contributed by atoms with Crippen molar-refractivity contribution in [3.05, 3.63) is 0 Å². The van der Waals surface area contributed by atoms with Crippen molar-refractivity contribution < 1.29 is 9.90 Å². The number of aliphatic carboxylic acids is 1. The first-order chi connectivity index (χ1) is 9.03. The molecule has 1 rings (SSSR count). The van der Waals surface area contributed by atoms with Crippen molar-refractivity contribution in [1.29, 1.82) is 0 Å². The molecule has 1 aliphatic heterocycles. The first kappa shape index (κ1) is 16.4. The van der Waals surface area contributed by atoms with Crippen molar-refractivity contribution in [2.75, 3.05) is 19.6 Å². The Balaban J connectivity index is 2.58. The minimum Gasteiger partial charge on any atom is -0.480 e. The normalized spacial score (nSPS) is 24.7. The van der Waals surface area contributed by atoms with E-state index in [-0.39, 0.29) is 0 Å². The number of likely N-dealkylation sites (N-methyl/N-ethyl adjacent to an activating group) is 1. The Bertz CT molecular complexity index is 283. The third-order valence-corrected chi connectivity index (χ3v) is 4.41. The van der Waals surface area contributed by atoms with Gasteiger partial charge in [0, 0.05) is 12.6 Å². The molecule has 2 atom stereocenters. The summed E-state index contributed by atoms with van der Waals surface area (Å²) in [5.74, 6) is -0.739. The summed E-state index contributed by atoms with van der Waals surface area (Å²) in [6.07, 6.45) is 7.00. The van der Waals surface area contributed by atoms with E-state index in [1.54, 1.807) is 6.92 Å². The number of likely N-dealkylation sites (tertiary alicyclic amines) is 1. The second-order valence-electron chi connectivity index (χ2n) is 5.86. The standard InChI is InChI=1S/C15H30N2O2/c1-4-13-9-7-6-8-11-17(13)12-10-15(3,14(18)19)16-5-2/h13,16H,4-12H2,1-3H3,(H,18,19). The van der Waals surface area contributed by atoms with E-state index in [4.69, 9.17) is 0 Å². The highest BCUT2D eigenvalue weighted by atomic mass is 16.4. The molecule has 19 heavy (non-hydrogen) atoms. The van der Waals surface area contributed by atoms with Crippen molar-refractivity contribution in [3.63, 3.8) is 0 Å². The third-order valence-electron chi connectivity index (χ3n) is 4.41. The largest absolute Gasteiger partial charge is 0.480 e. The van der Waals surface area contributed by atoms with E-state index in [9.17, 15) is 9.90 Å². The highest BCUT2D eigenvalue weighted by molar-refractivity contribution is 5.78. The Kier molecular flexibility index (Phi) is 6.80. The second kappa shape index (κ2) is 7.85. The molecule has 0 bridgehead atoms. The Hall–Kier alpha value is -0.610. The number of hydrogen-bond donors (Lipinski definition) is 2. The molecule has 1 heterocycles. The van der Waals surface area contributed by atoms with Gasteiger partial charge in [-0.15, -0.1) is 0 Å². The van der Waals surface area contributed by atoms with Crippen LogP contribution in [0.4, 0.5) is 0 Å². The maximum absolute atomic E-state index is 11.4. The van der Waals surface area contributed by atoms with Crippen LogP contribution in [0.3, 0.4) is 0 Å². The van der Waals surface area contributed by atoms with E-state index < -0.39 is 11.5 Å². The van der Waals surface area contributed by atoms with Crippen LogP contribution in [0.15, 0.2) is 0 Å². The number of nitrogens with zero attached hydrogens (tertiary/aromatic N) is 1. The molecule has 2 unspecified atom stereocenters. The van der Waals surface area contributed by atoms with Gasteiger partial charge in [-0.2, -0.15) is 0 Å². The molecule has 0 aliphatic carbocycles. The van der Waals surface area contributed by atoms with Crippen LogP contribution in [0.25, 0.3) is 0 Å². The van der Waals surface area contributed by atoms with Crippen molar-refractivity contribution in [2.45, 2.75) is 70.9 Å². The number of carbonyl (C=O) groups is 1. The summed E-state index contributed by atoms with van der Waals surface area (Å²) in [6, 6.07) is 0.641. The zero-order valence-electron chi connectivity index (χ0n) is 12.7. The number of rotatable bonds is 7. The fourth-order valence-corrected chi connectivity index (χ4v) is 3.02. The topological polar surface area (TPSA) is 52.6 Å². The molecule has 0 aromatic heterocycles. The van der Waals surface area contributed by atoms with Gasteiger partial charge in [-0.1, -0.05) is 26.7 Å². The van der Waals surface area contributed by atoms with Gasteiger partial charge in [0.15, 0.2) is 0 Å². The van der Waals surface area contributed by atoms with Gasteiger partial charge in [-0.3, -0.25) is 4.79 Å². The summed E-state index contributed by atoms with van der Waals surface area (Å²) < 4.78 is 0. The minimum absolute atomic E-state index is 0.641. The molecule has 0 amide bonds. The summed E-state index contributed by atoms with van der Waals surface area (Å²) in [5.41, 5.74) is -0.792. The Morgan fingerprint density at radius 2 is 2.11 bits per heavy atom. The van der Waals surface area contributed by atoms with Gasteiger partial charge in [0.2, 0.25) is 0 Å². The summed E-state index contributed by atoms with van der Waals surface area (Å²) in [6.45, 7) is 8.71. The van der Waals surface area contributed by atoms with Crippen LogP contribution < -0.4 is 5.32 Å². The van der Waals surface area contributed by atoms with Crippen molar-refractivity contribution in [2.24, 2.45) is 0 Å². The molecule has 1 aliphatic rings. The van der Waals surface area contributed by atoms with Crippen LogP contribution >= 0.6 is 0 Å². The van der Waals surface area contributed by atoms with Crippen molar-refractivity contribution >= 4 is 5.97 Å². The first-order valence-electron chi connectivity index (χ1n) is 7.76. The SMILES string of the molecule is CCNC(C)(CCN1CCCCCC1CC)C(=O)O. The lowest BCUT2D eigenvalue weighted by Crippen LogP contribution is -2.52. The fraction of sp³-hybridized carbons (Fsp3) is 0.933. The summed E-state index contributed by atoms with van der Waals surface area (Å²) in [5, 5.41) is 12.5. The highest BCUT2D eigenvalue weighted by Gasteiger charge is 2.33. The van der Waals surface area contributed by atoms with Gasteiger partial charge in [-0.05, 0) is 45.7 Å². The molecule has 0 aromatic rings. The minimum atomic E-state index is -0.792. The molecule has 4 heteroatoms. The molecule has 0 aromatic carbocycles.